The summed E-state index contributed by atoms with van der Waals surface area (Å²) >= 11 is 12.2. The molecule has 0 amide bonds. The van der Waals surface area contributed by atoms with E-state index in [1.807, 2.05) is 6.92 Å². The van der Waals surface area contributed by atoms with E-state index in [9.17, 15) is 0 Å². The zero-order valence-electron chi connectivity index (χ0n) is 3.95. The number of halogens is 2. The van der Waals surface area contributed by atoms with Crippen molar-refractivity contribution in [3.63, 3.8) is 0 Å². The molecule has 0 fully saturated rings. The van der Waals surface area contributed by atoms with E-state index < -0.39 is 0 Å². The van der Waals surface area contributed by atoms with Crippen LogP contribution in [0, 0.1) is 0 Å². The molecule has 0 bridgehead atoms. The Morgan fingerprint density at radius 1 is 1.86 bits per heavy atom. The van der Waals surface area contributed by atoms with Gasteiger partial charge in [-0.1, -0.05) is 29.9 Å². The molecule has 0 aromatic rings. The fourth-order valence-electron chi connectivity index (χ4n) is 0.176. The van der Waals surface area contributed by atoms with Crippen LogP contribution in [0.25, 0.3) is 0 Å². The standard InChI is InChI=1S/C4H6Cl2S/c1-3(5)7-4(2)6/h4H,1H2,2H3. The Bertz CT molecular complexity index is 70.1. The summed E-state index contributed by atoms with van der Waals surface area (Å²) in [6.07, 6.45) is 0. The van der Waals surface area contributed by atoms with Gasteiger partial charge in [0, 0.05) is 0 Å². The third-order valence-corrected chi connectivity index (χ3v) is 1.41. The Labute approximate surface area is 57.9 Å². The lowest BCUT2D eigenvalue weighted by Gasteiger charge is -1.95. The lowest BCUT2D eigenvalue weighted by molar-refractivity contribution is 1.41. The first-order chi connectivity index (χ1) is 3.13. The fourth-order valence-corrected chi connectivity index (χ4v) is 1.39. The van der Waals surface area contributed by atoms with E-state index in [0.29, 0.717) is 4.36 Å². The maximum absolute atomic E-state index is 5.49. The van der Waals surface area contributed by atoms with E-state index in [-0.39, 0.29) is 4.71 Å². The highest BCUT2D eigenvalue weighted by atomic mass is 35.5. The molecule has 0 aromatic carbocycles. The van der Waals surface area contributed by atoms with Gasteiger partial charge in [0.25, 0.3) is 0 Å². The molecule has 0 spiro atoms. The van der Waals surface area contributed by atoms with Gasteiger partial charge in [0.1, 0.15) is 0 Å². The molecule has 0 aliphatic carbocycles. The van der Waals surface area contributed by atoms with Gasteiger partial charge in [-0.15, -0.1) is 11.6 Å². The number of thioether (sulfide) groups is 1. The number of alkyl halides is 1. The summed E-state index contributed by atoms with van der Waals surface area (Å²) in [6, 6.07) is 0. The van der Waals surface area contributed by atoms with E-state index >= 15 is 0 Å². The third-order valence-electron chi connectivity index (χ3n) is 0.290. The smallest absolute Gasteiger partial charge is 0.0816 e. The van der Waals surface area contributed by atoms with Gasteiger partial charge in [0.2, 0.25) is 0 Å². The largest absolute Gasteiger partial charge is 0.111 e. The molecule has 0 heterocycles. The highest BCUT2D eigenvalue weighted by Gasteiger charge is 1.94. The molecule has 7 heavy (non-hydrogen) atoms. The van der Waals surface area contributed by atoms with E-state index in [1.54, 1.807) is 0 Å². The van der Waals surface area contributed by atoms with E-state index in [4.69, 9.17) is 23.2 Å². The molecular formula is C4H6Cl2S. The minimum absolute atomic E-state index is 0.0324. The summed E-state index contributed by atoms with van der Waals surface area (Å²) in [5, 5.41) is 0. The van der Waals surface area contributed by atoms with Crippen molar-refractivity contribution in [2.45, 2.75) is 11.6 Å². The lowest BCUT2D eigenvalue weighted by Crippen LogP contribution is -1.76. The fraction of sp³-hybridized carbons (Fsp3) is 0.500. The molecule has 1 unspecified atom stereocenters. The first-order valence-electron chi connectivity index (χ1n) is 1.78. The summed E-state index contributed by atoms with van der Waals surface area (Å²) in [6.45, 7) is 5.29. The summed E-state index contributed by atoms with van der Waals surface area (Å²) < 4.78 is 0.576. The molecule has 0 aliphatic rings. The first-order valence-corrected chi connectivity index (χ1v) is 3.47. The van der Waals surface area contributed by atoms with Crippen LogP contribution >= 0.6 is 35.0 Å². The van der Waals surface area contributed by atoms with Crippen LogP contribution in [-0.4, -0.2) is 4.71 Å². The Balaban J connectivity index is 3.13. The van der Waals surface area contributed by atoms with E-state index in [2.05, 4.69) is 6.58 Å². The Kier molecular flexibility index (Phi) is 3.99. The van der Waals surface area contributed by atoms with Crippen molar-refractivity contribution in [1.29, 1.82) is 0 Å². The van der Waals surface area contributed by atoms with E-state index in [1.165, 1.54) is 11.8 Å². The van der Waals surface area contributed by atoms with Crippen LogP contribution in [0.1, 0.15) is 6.92 Å². The van der Waals surface area contributed by atoms with Gasteiger partial charge >= 0.3 is 0 Å². The molecule has 0 N–H and O–H groups in total. The van der Waals surface area contributed by atoms with Gasteiger partial charge in [0.05, 0.1) is 9.07 Å². The van der Waals surface area contributed by atoms with Crippen molar-refractivity contribution in [3.8, 4) is 0 Å². The average Bonchev–Trinajstić information content (AvgIpc) is 1.27. The molecule has 0 aromatic heterocycles. The van der Waals surface area contributed by atoms with Gasteiger partial charge in [-0.05, 0) is 6.92 Å². The maximum atomic E-state index is 5.49. The quantitative estimate of drug-likeness (QED) is 0.555. The number of hydrogen-bond acceptors (Lipinski definition) is 1. The summed E-state index contributed by atoms with van der Waals surface area (Å²) in [5.41, 5.74) is 0. The average molecular weight is 157 g/mol. The number of hydrogen-bond donors (Lipinski definition) is 0. The van der Waals surface area contributed by atoms with Gasteiger partial charge in [-0.25, -0.2) is 0 Å². The van der Waals surface area contributed by atoms with Crippen LogP contribution in [-0.2, 0) is 0 Å². The second-order valence-electron chi connectivity index (χ2n) is 1.02. The summed E-state index contributed by atoms with van der Waals surface area (Å²) in [5.74, 6) is 0. The van der Waals surface area contributed by atoms with Crippen LogP contribution in [0.4, 0.5) is 0 Å². The van der Waals surface area contributed by atoms with Crippen LogP contribution < -0.4 is 0 Å². The molecule has 0 radical (unpaired) electrons. The second-order valence-corrected chi connectivity index (χ2v) is 4.05. The van der Waals surface area contributed by atoms with Crippen molar-refractivity contribution in [2.75, 3.05) is 0 Å². The van der Waals surface area contributed by atoms with Gasteiger partial charge in [-0.2, -0.15) is 0 Å². The van der Waals surface area contributed by atoms with Crippen LogP contribution in [0.2, 0.25) is 0 Å². The van der Waals surface area contributed by atoms with Crippen LogP contribution in [0.15, 0.2) is 10.9 Å². The Hall–Kier alpha value is 0.670. The molecule has 42 valence electrons. The number of rotatable bonds is 2. The summed E-state index contributed by atoms with van der Waals surface area (Å²) in [4.78, 5) is 0. The molecule has 0 rings (SSSR count). The molecule has 1 atom stereocenters. The Morgan fingerprint density at radius 2 is 2.29 bits per heavy atom. The van der Waals surface area contributed by atoms with Crippen molar-refractivity contribution in [3.05, 3.63) is 10.9 Å². The lowest BCUT2D eigenvalue weighted by atomic mass is 11.0. The molecule has 0 saturated carbocycles. The predicted octanol–water partition coefficient (Wildman–Crippen LogP) is 3.01. The van der Waals surface area contributed by atoms with Crippen molar-refractivity contribution in [2.24, 2.45) is 0 Å². The highest BCUT2D eigenvalue weighted by molar-refractivity contribution is 8.06. The minimum Gasteiger partial charge on any atom is -0.111 e. The van der Waals surface area contributed by atoms with Gasteiger partial charge in [-0.3, -0.25) is 0 Å². The highest BCUT2D eigenvalue weighted by Crippen LogP contribution is 2.24. The minimum atomic E-state index is 0.0324. The van der Waals surface area contributed by atoms with Crippen LogP contribution in [0.5, 0.6) is 0 Å². The first kappa shape index (κ1) is 7.67. The third kappa shape index (κ3) is 6.67. The monoisotopic (exact) mass is 156 g/mol. The van der Waals surface area contributed by atoms with Crippen LogP contribution in [0.3, 0.4) is 0 Å². The van der Waals surface area contributed by atoms with Crippen molar-refractivity contribution >= 4 is 35.0 Å². The molecular weight excluding hydrogens is 151 g/mol. The molecule has 0 aliphatic heterocycles. The van der Waals surface area contributed by atoms with Crippen molar-refractivity contribution < 1.29 is 0 Å². The van der Waals surface area contributed by atoms with Gasteiger partial charge in [0.15, 0.2) is 0 Å². The molecule has 3 heteroatoms. The molecule has 0 saturated heterocycles. The molecule has 0 nitrogen and oxygen atoms in total. The normalized spacial score (nSPS) is 13.6. The summed E-state index contributed by atoms with van der Waals surface area (Å²) in [7, 11) is 0. The van der Waals surface area contributed by atoms with Crippen molar-refractivity contribution in [1.82, 2.24) is 0 Å². The maximum Gasteiger partial charge on any atom is 0.0816 e. The topological polar surface area (TPSA) is 0 Å². The zero-order valence-corrected chi connectivity index (χ0v) is 6.28. The Morgan fingerprint density at radius 3 is 2.29 bits per heavy atom. The van der Waals surface area contributed by atoms with Gasteiger partial charge < -0.3 is 0 Å². The van der Waals surface area contributed by atoms with E-state index in [0.717, 1.165) is 0 Å². The second kappa shape index (κ2) is 3.65. The zero-order chi connectivity index (χ0) is 5.86. The predicted molar refractivity (Wildman–Crippen MR) is 37.9 cm³/mol. The SMILES string of the molecule is C=C(Cl)SC(C)Cl.